The fraction of sp³-hybridized carbons (Fsp3) is 0.375. The maximum absolute atomic E-state index is 13.7. The highest BCUT2D eigenvalue weighted by Gasteiger charge is 2.24. The summed E-state index contributed by atoms with van der Waals surface area (Å²) in [6, 6.07) is 2.55. The van der Waals surface area contributed by atoms with Crippen LogP contribution in [0.5, 0.6) is 5.75 Å². The molecule has 0 saturated heterocycles. The number of nitrogens with one attached hydrogen (secondary N) is 1. The second-order valence-electron chi connectivity index (χ2n) is 5.20. The summed E-state index contributed by atoms with van der Waals surface area (Å²) in [5, 5.41) is 11.7. The highest BCUT2D eigenvalue weighted by atomic mass is 19.1. The predicted molar refractivity (Wildman–Crippen MR) is 78.0 cm³/mol. The zero-order valence-electron chi connectivity index (χ0n) is 12.2. The van der Waals surface area contributed by atoms with Crippen molar-refractivity contribution in [1.29, 1.82) is 0 Å². The number of ether oxygens (including phenoxy) is 1. The summed E-state index contributed by atoms with van der Waals surface area (Å²) in [7, 11) is 1.32. The summed E-state index contributed by atoms with van der Waals surface area (Å²) in [5.74, 6) is -2.10. The van der Waals surface area contributed by atoms with Crippen molar-refractivity contribution in [3.63, 3.8) is 0 Å². The lowest BCUT2D eigenvalue weighted by Gasteiger charge is -2.17. The highest BCUT2D eigenvalue weighted by Crippen LogP contribution is 2.24. The van der Waals surface area contributed by atoms with Gasteiger partial charge in [0.05, 0.1) is 7.11 Å². The van der Waals surface area contributed by atoms with E-state index in [9.17, 15) is 19.1 Å². The fourth-order valence-electron chi connectivity index (χ4n) is 2.47. The van der Waals surface area contributed by atoms with Crippen LogP contribution >= 0.6 is 0 Å². The van der Waals surface area contributed by atoms with Gasteiger partial charge in [-0.3, -0.25) is 4.79 Å². The van der Waals surface area contributed by atoms with Gasteiger partial charge in [-0.15, -0.1) is 0 Å². The number of hydrogen-bond donors (Lipinski definition) is 2. The zero-order valence-corrected chi connectivity index (χ0v) is 12.2. The van der Waals surface area contributed by atoms with Crippen LogP contribution in [0.15, 0.2) is 30.4 Å². The standard InChI is InChI=1S/C16H18FNO4/c1-22-13-7-6-11(9-12(13)17)15(16(20)21)18-14(19)8-10-4-2-3-5-10/h2,4,6-7,9-10,15H,3,5,8H2,1H3,(H,18,19)(H,20,21). The largest absolute Gasteiger partial charge is 0.494 e. The summed E-state index contributed by atoms with van der Waals surface area (Å²) in [6.07, 6.45) is 6.03. The Morgan fingerprint density at radius 2 is 2.27 bits per heavy atom. The average Bonchev–Trinajstić information content (AvgIpc) is 2.97. The molecule has 0 fully saturated rings. The first-order valence-corrected chi connectivity index (χ1v) is 7.03. The van der Waals surface area contributed by atoms with Crippen molar-refractivity contribution < 1.29 is 23.8 Å². The number of carboxylic acid groups (broad SMARTS) is 1. The van der Waals surface area contributed by atoms with Gasteiger partial charge in [0.1, 0.15) is 0 Å². The monoisotopic (exact) mass is 307 g/mol. The molecular weight excluding hydrogens is 289 g/mol. The molecule has 22 heavy (non-hydrogen) atoms. The molecule has 2 N–H and O–H groups in total. The summed E-state index contributed by atoms with van der Waals surface area (Å²) < 4.78 is 18.5. The van der Waals surface area contributed by atoms with Crippen molar-refractivity contribution >= 4 is 11.9 Å². The normalized spacial score (nSPS) is 18.0. The van der Waals surface area contributed by atoms with Crippen LogP contribution in [0.4, 0.5) is 4.39 Å². The number of halogens is 1. The molecule has 2 rings (SSSR count). The molecule has 6 heteroatoms. The van der Waals surface area contributed by atoms with Crippen LogP contribution < -0.4 is 10.1 Å². The molecule has 0 heterocycles. The molecule has 1 amide bonds. The van der Waals surface area contributed by atoms with E-state index >= 15 is 0 Å². The van der Waals surface area contributed by atoms with Crippen molar-refractivity contribution in [2.75, 3.05) is 7.11 Å². The van der Waals surface area contributed by atoms with E-state index in [0.29, 0.717) is 0 Å². The van der Waals surface area contributed by atoms with Gasteiger partial charge in [-0.05, 0) is 36.5 Å². The number of methoxy groups -OCH3 is 1. The molecule has 0 bridgehead atoms. The molecule has 1 aliphatic carbocycles. The SMILES string of the molecule is COc1ccc(C(NC(=O)CC2C=CCC2)C(=O)O)cc1F. The van der Waals surface area contributed by atoms with Crippen LogP contribution in [0.1, 0.15) is 30.9 Å². The average molecular weight is 307 g/mol. The van der Waals surface area contributed by atoms with Gasteiger partial charge in [-0.2, -0.15) is 0 Å². The maximum Gasteiger partial charge on any atom is 0.330 e. The second-order valence-corrected chi connectivity index (χ2v) is 5.20. The van der Waals surface area contributed by atoms with Crippen molar-refractivity contribution in [2.24, 2.45) is 5.92 Å². The van der Waals surface area contributed by atoms with Crippen molar-refractivity contribution in [1.82, 2.24) is 5.32 Å². The number of amides is 1. The number of rotatable bonds is 6. The van der Waals surface area contributed by atoms with Crippen molar-refractivity contribution in [2.45, 2.75) is 25.3 Å². The molecule has 2 unspecified atom stereocenters. The van der Waals surface area contributed by atoms with Gasteiger partial charge in [-0.1, -0.05) is 18.2 Å². The first kappa shape index (κ1) is 16.0. The molecule has 1 aromatic carbocycles. The minimum atomic E-state index is -1.28. The number of carboxylic acids is 1. The zero-order chi connectivity index (χ0) is 16.1. The molecule has 1 aliphatic rings. The number of benzene rings is 1. The summed E-state index contributed by atoms with van der Waals surface area (Å²) in [5.41, 5.74) is 0.168. The number of carbonyl (C=O) groups is 2. The Morgan fingerprint density at radius 3 is 2.82 bits per heavy atom. The van der Waals surface area contributed by atoms with Crippen LogP contribution in [0, 0.1) is 11.7 Å². The van der Waals surface area contributed by atoms with Crippen LogP contribution in [-0.4, -0.2) is 24.1 Å². The molecular formula is C16H18FNO4. The molecule has 118 valence electrons. The third-order valence-electron chi connectivity index (χ3n) is 3.62. The van der Waals surface area contributed by atoms with E-state index in [2.05, 4.69) is 5.32 Å². The highest BCUT2D eigenvalue weighted by molar-refractivity contribution is 5.84. The smallest absolute Gasteiger partial charge is 0.330 e. The van der Waals surface area contributed by atoms with E-state index in [4.69, 9.17) is 4.74 Å². The third-order valence-corrected chi connectivity index (χ3v) is 3.62. The minimum Gasteiger partial charge on any atom is -0.494 e. The molecule has 0 saturated carbocycles. The Bertz CT molecular complexity index is 600. The number of hydrogen-bond acceptors (Lipinski definition) is 3. The Labute approximate surface area is 127 Å². The minimum absolute atomic E-state index is 0.0234. The van der Waals surface area contributed by atoms with E-state index in [-0.39, 0.29) is 29.6 Å². The number of carbonyl (C=O) groups excluding carboxylic acids is 1. The predicted octanol–water partition coefficient (Wildman–Crippen LogP) is 2.43. The van der Waals surface area contributed by atoms with Crippen LogP contribution in [0.3, 0.4) is 0 Å². The Morgan fingerprint density at radius 1 is 1.50 bits per heavy atom. The molecule has 1 aromatic rings. The second kappa shape index (κ2) is 7.06. The maximum atomic E-state index is 13.7. The topological polar surface area (TPSA) is 75.6 Å². The van der Waals surface area contributed by atoms with E-state index in [1.807, 2.05) is 12.2 Å². The van der Waals surface area contributed by atoms with E-state index in [1.165, 1.54) is 19.2 Å². The van der Waals surface area contributed by atoms with Crippen LogP contribution in [0.25, 0.3) is 0 Å². The Hall–Kier alpha value is -2.37. The molecule has 0 aromatic heterocycles. The number of aliphatic carboxylic acids is 1. The molecule has 2 atom stereocenters. The fourth-order valence-corrected chi connectivity index (χ4v) is 2.47. The first-order valence-electron chi connectivity index (χ1n) is 7.03. The van der Waals surface area contributed by atoms with Gasteiger partial charge in [0.15, 0.2) is 17.6 Å². The summed E-state index contributed by atoms with van der Waals surface area (Å²) in [4.78, 5) is 23.3. The Balaban J connectivity index is 2.09. The van der Waals surface area contributed by atoms with Gasteiger partial charge in [0.2, 0.25) is 5.91 Å². The van der Waals surface area contributed by atoms with Gasteiger partial charge in [0.25, 0.3) is 0 Å². The molecule has 0 spiro atoms. The summed E-state index contributed by atoms with van der Waals surface area (Å²) in [6.45, 7) is 0. The van der Waals surface area contributed by atoms with E-state index < -0.39 is 17.8 Å². The van der Waals surface area contributed by atoms with Gasteiger partial charge >= 0.3 is 5.97 Å². The van der Waals surface area contributed by atoms with Gasteiger partial charge < -0.3 is 15.2 Å². The van der Waals surface area contributed by atoms with Crippen LogP contribution in [0.2, 0.25) is 0 Å². The molecule has 5 nitrogen and oxygen atoms in total. The Kier molecular flexibility index (Phi) is 5.14. The van der Waals surface area contributed by atoms with E-state index in [1.54, 1.807) is 0 Å². The quantitative estimate of drug-likeness (QED) is 0.792. The van der Waals surface area contributed by atoms with Gasteiger partial charge in [-0.25, -0.2) is 9.18 Å². The summed E-state index contributed by atoms with van der Waals surface area (Å²) >= 11 is 0. The van der Waals surface area contributed by atoms with Crippen LogP contribution in [-0.2, 0) is 9.59 Å². The lowest BCUT2D eigenvalue weighted by Crippen LogP contribution is -2.34. The van der Waals surface area contributed by atoms with Gasteiger partial charge in [0, 0.05) is 6.42 Å². The van der Waals surface area contributed by atoms with Crippen molar-refractivity contribution in [3.8, 4) is 5.75 Å². The first-order chi connectivity index (χ1) is 10.5. The third kappa shape index (κ3) is 3.84. The lowest BCUT2D eigenvalue weighted by atomic mass is 10.0. The molecule has 0 radical (unpaired) electrons. The lowest BCUT2D eigenvalue weighted by molar-refractivity contribution is -0.142. The number of allylic oxidation sites excluding steroid dienone is 2. The van der Waals surface area contributed by atoms with E-state index in [0.717, 1.165) is 18.9 Å². The van der Waals surface area contributed by atoms with Crippen molar-refractivity contribution in [3.05, 3.63) is 41.7 Å². The molecule has 0 aliphatic heterocycles.